The Labute approximate surface area is 116 Å². The number of hydrogen-bond acceptors (Lipinski definition) is 2. The third-order valence-corrected chi connectivity index (χ3v) is 2.71. The molecule has 0 radical (unpaired) electrons. The lowest BCUT2D eigenvalue weighted by atomic mass is 10.2. The molecule has 0 aromatic heterocycles. The smallest absolute Gasteiger partial charge is 0.191 e. The number of guanidine groups is 1. The molecule has 1 heterocycles. The molecule has 1 rings (SSSR count). The van der Waals surface area contributed by atoms with Crippen LogP contribution < -0.4 is 5.73 Å². The highest BCUT2D eigenvalue weighted by Crippen LogP contribution is 2.08. The van der Waals surface area contributed by atoms with E-state index in [1.54, 1.807) is 7.11 Å². The van der Waals surface area contributed by atoms with Gasteiger partial charge < -0.3 is 15.4 Å². The molecule has 0 saturated carbocycles. The number of nitrogens with two attached hydrogens (primary N) is 1. The first-order valence-electron chi connectivity index (χ1n) is 5.88. The molecule has 2 N–H and O–H groups in total. The standard InChI is InChI=1S/C11H23N3O.HI/c1-15-10-6-7-13-11(12)14-8-4-2-3-5-9-14;/h2-10H2,1H3,(H2,12,13);1H. The fraction of sp³-hybridized carbons (Fsp3) is 0.909. The highest BCUT2D eigenvalue weighted by molar-refractivity contribution is 14.0. The lowest BCUT2D eigenvalue weighted by Crippen LogP contribution is -2.38. The minimum Gasteiger partial charge on any atom is -0.385 e. The van der Waals surface area contributed by atoms with E-state index < -0.39 is 0 Å². The summed E-state index contributed by atoms with van der Waals surface area (Å²) in [6.45, 7) is 3.67. The minimum absolute atomic E-state index is 0. The molecule has 16 heavy (non-hydrogen) atoms. The molecule has 0 spiro atoms. The Morgan fingerprint density at radius 1 is 1.25 bits per heavy atom. The first-order chi connectivity index (χ1) is 7.34. The Morgan fingerprint density at radius 2 is 1.88 bits per heavy atom. The third kappa shape index (κ3) is 6.52. The van der Waals surface area contributed by atoms with Crippen LogP contribution >= 0.6 is 24.0 Å². The number of aliphatic imine (C=N–C) groups is 1. The Hall–Kier alpha value is -0.0400. The lowest BCUT2D eigenvalue weighted by molar-refractivity contribution is 0.197. The summed E-state index contributed by atoms with van der Waals surface area (Å²) >= 11 is 0. The van der Waals surface area contributed by atoms with Crippen LogP contribution in [0.15, 0.2) is 4.99 Å². The zero-order valence-electron chi connectivity index (χ0n) is 10.2. The van der Waals surface area contributed by atoms with Gasteiger partial charge in [0.15, 0.2) is 5.96 Å². The van der Waals surface area contributed by atoms with Gasteiger partial charge in [0, 0.05) is 33.4 Å². The van der Waals surface area contributed by atoms with E-state index in [1.807, 2.05) is 0 Å². The second kappa shape index (κ2) is 10.1. The summed E-state index contributed by atoms with van der Waals surface area (Å²) in [4.78, 5) is 6.58. The van der Waals surface area contributed by atoms with Crippen molar-refractivity contribution in [2.45, 2.75) is 32.1 Å². The van der Waals surface area contributed by atoms with Crippen molar-refractivity contribution in [1.29, 1.82) is 0 Å². The van der Waals surface area contributed by atoms with Crippen LogP contribution in [0.5, 0.6) is 0 Å². The third-order valence-electron chi connectivity index (χ3n) is 2.71. The Balaban J connectivity index is 0.00000225. The Bertz CT molecular complexity index is 192. The maximum atomic E-state index is 5.94. The quantitative estimate of drug-likeness (QED) is 0.367. The zero-order valence-corrected chi connectivity index (χ0v) is 12.5. The number of halogens is 1. The molecular formula is C11H24IN3O. The van der Waals surface area contributed by atoms with Gasteiger partial charge >= 0.3 is 0 Å². The van der Waals surface area contributed by atoms with Crippen LogP contribution in [0.2, 0.25) is 0 Å². The van der Waals surface area contributed by atoms with Crippen molar-refractivity contribution in [1.82, 2.24) is 4.90 Å². The largest absolute Gasteiger partial charge is 0.385 e. The van der Waals surface area contributed by atoms with E-state index in [0.29, 0.717) is 5.96 Å². The van der Waals surface area contributed by atoms with Crippen LogP contribution in [-0.2, 0) is 4.74 Å². The van der Waals surface area contributed by atoms with E-state index in [-0.39, 0.29) is 24.0 Å². The van der Waals surface area contributed by atoms with Gasteiger partial charge in [-0.3, -0.25) is 4.99 Å². The van der Waals surface area contributed by atoms with Gasteiger partial charge in [-0.2, -0.15) is 0 Å². The number of hydrogen-bond donors (Lipinski definition) is 1. The number of rotatable bonds is 4. The van der Waals surface area contributed by atoms with Crippen LogP contribution in [0, 0.1) is 0 Å². The van der Waals surface area contributed by atoms with Crippen molar-refractivity contribution in [2.75, 3.05) is 33.4 Å². The molecule has 5 heteroatoms. The summed E-state index contributed by atoms with van der Waals surface area (Å²) in [6, 6.07) is 0. The predicted molar refractivity (Wildman–Crippen MR) is 78.4 cm³/mol. The lowest BCUT2D eigenvalue weighted by Gasteiger charge is -2.20. The molecule has 0 amide bonds. The number of nitrogens with zero attached hydrogens (tertiary/aromatic N) is 2. The van der Waals surface area contributed by atoms with Gasteiger partial charge in [0.05, 0.1) is 0 Å². The first kappa shape index (κ1) is 16.0. The number of ether oxygens (including phenoxy) is 1. The Kier molecular flexibility index (Phi) is 10.1. The average molecular weight is 341 g/mol. The summed E-state index contributed by atoms with van der Waals surface area (Å²) in [5, 5.41) is 0. The molecule has 1 fully saturated rings. The van der Waals surface area contributed by atoms with Crippen LogP contribution in [0.3, 0.4) is 0 Å². The van der Waals surface area contributed by atoms with Gasteiger partial charge in [0.1, 0.15) is 0 Å². The van der Waals surface area contributed by atoms with Crippen molar-refractivity contribution in [3.8, 4) is 0 Å². The van der Waals surface area contributed by atoms with Gasteiger partial charge in [0.2, 0.25) is 0 Å². The molecule has 0 unspecified atom stereocenters. The molecule has 0 aromatic carbocycles. The topological polar surface area (TPSA) is 50.9 Å². The molecule has 96 valence electrons. The average Bonchev–Trinajstić information content (AvgIpc) is 2.52. The molecule has 0 aromatic rings. The fourth-order valence-electron chi connectivity index (χ4n) is 1.80. The number of likely N-dealkylation sites (tertiary alicyclic amines) is 1. The van der Waals surface area contributed by atoms with Gasteiger partial charge in [-0.15, -0.1) is 24.0 Å². The molecule has 4 nitrogen and oxygen atoms in total. The van der Waals surface area contributed by atoms with Crippen molar-refractivity contribution >= 4 is 29.9 Å². The van der Waals surface area contributed by atoms with Gasteiger partial charge in [-0.1, -0.05) is 12.8 Å². The molecule has 1 aliphatic heterocycles. The summed E-state index contributed by atoms with van der Waals surface area (Å²) in [5.74, 6) is 0.716. The maximum Gasteiger partial charge on any atom is 0.191 e. The van der Waals surface area contributed by atoms with E-state index in [1.165, 1.54) is 25.7 Å². The van der Waals surface area contributed by atoms with Gasteiger partial charge in [-0.25, -0.2) is 0 Å². The van der Waals surface area contributed by atoms with Crippen molar-refractivity contribution in [3.05, 3.63) is 0 Å². The van der Waals surface area contributed by atoms with Gasteiger partial charge in [-0.05, 0) is 19.3 Å². The van der Waals surface area contributed by atoms with E-state index in [2.05, 4.69) is 9.89 Å². The Morgan fingerprint density at radius 3 is 2.44 bits per heavy atom. The van der Waals surface area contributed by atoms with Crippen molar-refractivity contribution in [3.63, 3.8) is 0 Å². The van der Waals surface area contributed by atoms with E-state index in [0.717, 1.165) is 32.7 Å². The van der Waals surface area contributed by atoms with Crippen LogP contribution in [0.25, 0.3) is 0 Å². The summed E-state index contributed by atoms with van der Waals surface area (Å²) in [7, 11) is 1.71. The fourth-order valence-corrected chi connectivity index (χ4v) is 1.80. The second-order valence-corrected chi connectivity index (χ2v) is 3.99. The van der Waals surface area contributed by atoms with E-state index in [9.17, 15) is 0 Å². The highest BCUT2D eigenvalue weighted by Gasteiger charge is 2.10. The molecule has 0 aliphatic carbocycles. The predicted octanol–water partition coefficient (Wildman–Crippen LogP) is 1.83. The van der Waals surface area contributed by atoms with Gasteiger partial charge in [0.25, 0.3) is 0 Å². The molecular weight excluding hydrogens is 317 g/mol. The van der Waals surface area contributed by atoms with Crippen LogP contribution in [0.4, 0.5) is 0 Å². The second-order valence-electron chi connectivity index (χ2n) is 3.99. The SMILES string of the molecule is COCCCN=C(N)N1CCCCCC1.I. The monoisotopic (exact) mass is 341 g/mol. The van der Waals surface area contributed by atoms with Crippen LogP contribution in [0.1, 0.15) is 32.1 Å². The van der Waals surface area contributed by atoms with E-state index in [4.69, 9.17) is 10.5 Å². The molecule has 1 saturated heterocycles. The molecule has 1 aliphatic rings. The minimum atomic E-state index is 0. The summed E-state index contributed by atoms with van der Waals surface area (Å²) in [5.41, 5.74) is 5.94. The van der Waals surface area contributed by atoms with E-state index >= 15 is 0 Å². The normalized spacial score (nSPS) is 17.8. The van der Waals surface area contributed by atoms with Crippen molar-refractivity contribution < 1.29 is 4.74 Å². The molecule has 0 bridgehead atoms. The first-order valence-corrected chi connectivity index (χ1v) is 5.88. The zero-order chi connectivity index (χ0) is 10.9. The highest BCUT2D eigenvalue weighted by atomic mass is 127. The van der Waals surface area contributed by atoms with Crippen molar-refractivity contribution in [2.24, 2.45) is 10.7 Å². The van der Waals surface area contributed by atoms with Crippen LogP contribution in [-0.4, -0.2) is 44.2 Å². The molecule has 0 atom stereocenters. The summed E-state index contributed by atoms with van der Waals surface area (Å²) in [6.07, 6.45) is 6.09. The number of methoxy groups -OCH3 is 1. The maximum absolute atomic E-state index is 5.94. The summed E-state index contributed by atoms with van der Waals surface area (Å²) < 4.78 is 4.97.